The Morgan fingerprint density at radius 1 is 1.13 bits per heavy atom. The van der Waals surface area contributed by atoms with Gasteiger partial charge in [-0.05, 0) is 18.2 Å². The fourth-order valence-corrected chi connectivity index (χ4v) is 2.99. The summed E-state index contributed by atoms with van der Waals surface area (Å²) in [6, 6.07) is 18.0. The molecule has 0 saturated heterocycles. The van der Waals surface area contributed by atoms with Gasteiger partial charge in [0.2, 0.25) is 0 Å². The summed E-state index contributed by atoms with van der Waals surface area (Å²) < 4.78 is 4.92. The first-order valence-electron chi connectivity index (χ1n) is 7.82. The molecule has 2 aromatic carbocycles. The van der Waals surface area contributed by atoms with Crippen LogP contribution in [-0.4, -0.2) is 18.9 Å². The largest absolute Gasteiger partial charge is 0.469 e. The third kappa shape index (κ3) is 2.97. The number of hydrogen-bond acceptors (Lipinski definition) is 4. The molecule has 1 unspecified atom stereocenters. The number of para-hydroxylation sites is 2. The molecule has 4 heteroatoms. The fraction of sp³-hybridized carbons (Fsp3) is 0.263. The predicted molar refractivity (Wildman–Crippen MR) is 92.1 cm³/mol. The van der Waals surface area contributed by atoms with Crippen molar-refractivity contribution in [2.24, 2.45) is 4.99 Å². The Kier molecular flexibility index (Phi) is 4.42. The van der Waals surface area contributed by atoms with Crippen LogP contribution in [0.1, 0.15) is 31.4 Å². The highest BCUT2D eigenvalue weighted by molar-refractivity contribution is 6.02. The molecule has 2 aromatic rings. The van der Waals surface area contributed by atoms with Gasteiger partial charge >= 0.3 is 5.97 Å². The molecule has 0 radical (unpaired) electrons. The zero-order chi connectivity index (χ0) is 16.2. The molecule has 1 atom stereocenters. The highest BCUT2D eigenvalue weighted by Crippen LogP contribution is 2.40. The molecule has 3 rings (SSSR count). The fourth-order valence-electron chi connectivity index (χ4n) is 2.99. The topological polar surface area (TPSA) is 41.9 Å². The van der Waals surface area contributed by atoms with E-state index in [2.05, 4.69) is 11.8 Å². The molecular formula is C19H20N2O2. The van der Waals surface area contributed by atoms with E-state index in [-0.39, 0.29) is 12.0 Å². The summed E-state index contributed by atoms with van der Waals surface area (Å²) in [5.41, 5.74) is 3.03. The Hall–Kier alpha value is -2.62. The van der Waals surface area contributed by atoms with E-state index in [9.17, 15) is 4.79 Å². The molecule has 23 heavy (non-hydrogen) atoms. The Balaban J connectivity index is 2.12. The van der Waals surface area contributed by atoms with Crippen LogP contribution < -0.4 is 4.90 Å². The average Bonchev–Trinajstić information content (AvgIpc) is 2.61. The molecule has 0 amide bonds. The van der Waals surface area contributed by atoms with E-state index in [0.717, 1.165) is 29.2 Å². The first-order chi connectivity index (χ1) is 11.2. The van der Waals surface area contributed by atoms with E-state index in [4.69, 9.17) is 9.73 Å². The second-order valence-electron chi connectivity index (χ2n) is 5.44. The quantitative estimate of drug-likeness (QED) is 0.793. The van der Waals surface area contributed by atoms with Gasteiger partial charge in [-0.25, -0.2) is 4.99 Å². The minimum atomic E-state index is -0.219. The van der Waals surface area contributed by atoms with Gasteiger partial charge in [0.05, 0.1) is 25.3 Å². The second-order valence-corrected chi connectivity index (χ2v) is 5.44. The monoisotopic (exact) mass is 308 g/mol. The number of nitrogens with zero attached hydrogens (tertiary/aromatic N) is 2. The molecule has 0 saturated carbocycles. The average molecular weight is 308 g/mol. The molecule has 1 heterocycles. The number of amidine groups is 1. The lowest BCUT2D eigenvalue weighted by atomic mass is 9.96. The summed E-state index contributed by atoms with van der Waals surface area (Å²) in [5.74, 6) is 0.742. The van der Waals surface area contributed by atoms with Crippen LogP contribution >= 0.6 is 0 Å². The van der Waals surface area contributed by atoms with Crippen LogP contribution in [0.15, 0.2) is 59.6 Å². The zero-order valence-electron chi connectivity index (χ0n) is 13.4. The molecule has 118 valence electrons. The molecule has 1 aliphatic heterocycles. The predicted octanol–water partition coefficient (Wildman–Crippen LogP) is 4.25. The molecule has 0 fully saturated rings. The van der Waals surface area contributed by atoms with Crippen molar-refractivity contribution in [2.45, 2.75) is 25.8 Å². The minimum absolute atomic E-state index is 0.103. The Bertz CT molecular complexity index is 725. The smallest absolute Gasteiger partial charge is 0.307 e. The van der Waals surface area contributed by atoms with Crippen molar-refractivity contribution in [1.82, 2.24) is 0 Å². The number of carbonyl (C=O) groups excluding carboxylic acids is 1. The summed E-state index contributed by atoms with van der Waals surface area (Å²) in [5, 5.41) is 0. The summed E-state index contributed by atoms with van der Waals surface area (Å²) in [4.78, 5) is 18.9. The van der Waals surface area contributed by atoms with Crippen LogP contribution in [0.2, 0.25) is 0 Å². The Morgan fingerprint density at radius 3 is 2.52 bits per heavy atom. The number of carbonyl (C=O) groups is 1. The summed E-state index contributed by atoms with van der Waals surface area (Å²) >= 11 is 0. The van der Waals surface area contributed by atoms with E-state index < -0.39 is 0 Å². The van der Waals surface area contributed by atoms with Gasteiger partial charge in [0.25, 0.3) is 0 Å². The number of esters is 1. The minimum Gasteiger partial charge on any atom is -0.469 e. The standard InChI is InChI=1S/C19H20N2O2/c1-3-18-20-16-12-8-7-11-15(16)17(13-19(22)23-2)21(18)14-9-5-4-6-10-14/h4-12,17H,3,13H2,1-2H3. The molecule has 1 aliphatic rings. The van der Waals surface area contributed by atoms with Crippen molar-refractivity contribution in [3.8, 4) is 0 Å². The van der Waals surface area contributed by atoms with Gasteiger partial charge in [0.15, 0.2) is 0 Å². The van der Waals surface area contributed by atoms with Crippen molar-refractivity contribution in [3.05, 3.63) is 60.2 Å². The maximum atomic E-state index is 12.0. The molecule has 0 spiro atoms. The highest BCUT2D eigenvalue weighted by Gasteiger charge is 2.32. The number of benzene rings is 2. The number of aliphatic imine (C=N–C) groups is 1. The number of hydrogen-bond donors (Lipinski definition) is 0. The third-order valence-electron chi connectivity index (χ3n) is 4.07. The van der Waals surface area contributed by atoms with E-state index in [1.54, 1.807) is 0 Å². The maximum absolute atomic E-state index is 12.0. The van der Waals surface area contributed by atoms with Gasteiger partial charge in [0, 0.05) is 17.7 Å². The van der Waals surface area contributed by atoms with Crippen LogP contribution in [-0.2, 0) is 9.53 Å². The number of ether oxygens (including phenoxy) is 1. The number of rotatable bonds is 4. The Morgan fingerprint density at radius 2 is 1.83 bits per heavy atom. The van der Waals surface area contributed by atoms with E-state index in [1.807, 2.05) is 54.6 Å². The first-order valence-corrected chi connectivity index (χ1v) is 7.82. The van der Waals surface area contributed by atoms with Gasteiger partial charge in [-0.1, -0.05) is 43.3 Å². The summed E-state index contributed by atoms with van der Waals surface area (Å²) in [6.07, 6.45) is 1.09. The van der Waals surface area contributed by atoms with Crippen molar-refractivity contribution in [2.75, 3.05) is 12.0 Å². The van der Waals surface area contributed by atoms with Gasteiger partial charge in [-0.15, -0.1) is 0 Å². The SMILES string of the molecule is CCC1=Nc2ccccc2C(CC(=O)OC)N1c1ccccc1. The van der Waals surface area contributed by atoms with Gasteiger partial charge in [-0.3, -0.25) is 4.79 Å². The van der Waals surface area contributed by atoms with Crippen LogP contribution in [0.3, 0.4) is 0 Å². The Labute approximate surface area is 136 Å². The van der Waals surface area contributed by atoms with Gasteiger partial charge in [-0.2, -0.15) is 0 Å². The molecule has 0 aliphatic carbocycles. The normalized spacial score (nSPS) is 16.5. The molecule has 0 bridgehead atoms. The lowest BCUT2D eigenvalue weighted by Gasteiger charge is -2.37. The van der Waals surface area contributed by atoms with Crippen molar-refractivity contribution >= 4 is 23.2 Å². The van der Waals surface area contributed by atoms with Crippen molar-refractivity contribution in [3.63, 3.8) is 0 Å². The van der Waals surface area contributed by atoms with E-state index >= 15 is 0 Å². The molecule has 4 nitrogen and oxygen atoms in total. The van der Waals surface area contributed by atoms with Crippen LogP contribution in [0.5, 0.6) is 0 Å². The first kappa shape index (κ1) is 15.3. The van der Waals surface area contributed by atoms with Crippen molar-refractivity contribution in [1.29, 1.82) is 0 Å². The van der Waals surface area contributed by atoms with Crippen LogP contribution in [0.4, 0.5) is 11.4 Å². The number of fused-ring (bicyclic) bond motifs is 1. The van der Waals surface area contributed by atoms with Crippen molar-refractivity contribution < 1.29 is 9.53 Å². The van der Waals surface area contributed by atoms with Gasteiger partial charge in [0.1, 0.15) is 5.84 Å². The summed E-state index contributed by atoms with van der Waals surface area (Å²) in [7, 11) is 1.43. The lowest BCUT2D eigenvalue weighted by Crippen LogP contribution is -2.38. The zero-order valence-corrected chi connectivity index (χ0v) is 13.4. The number of anilines is 1. The van der Waals surface area contributed by atoms with E-state index in [0.29, 0.717) is 6.42 Å². The lowest BCUT2D eigenvalue weighted by molar-refractivity contribution is -0.141. The van der Waals surface area contributed by atoms with Crippen LogP contribution in [0.25, 0.3) is 0 Å². The van der Waals surface area contributed by atoms with Crippen LogP contribution in [0, 0.1) is 0 Å². The molecule has 0 aromatic heterocycles. The second kappa shape index (κ2) is 6.65. The maximum Gasteiger partial charge on any atom is 0.307 e. The van der Waals surface area contributed by atoms with Gasteiger partial charge < -0.3 is 9.64 Å². The highest BCUT2D eigenvalue weighted by atomic mass is 16.5. The molecule has 0 N–H and O–H groups in total. The molecular weight excluding hydrogens is 288 g/mol. The van der Waals surface area contributed by atoms with E-state index in [1.165, 1.54) is 7.11 Å². The number of methoxy groups -OCH3 is 1. The summed E-state index contributed by atoms with van der Waals surface area (Å²) in [6.45, 7) is 2.08. The third-order valence-corrected chi connectivity index (χ3v) is 4.07.